The number of carbonyl (C=O) groups excluding carboxylic acids is 2. The first-order valence-corrected chi connectivity index (χ1v) is 8.36. The second-order valence-electron chi connectivity index (χ2n) is 6.27. The van der Waals surface area contributed by atoms with E-state index in [2.05, 4.69) is 0 Å². The van der Waals surface area contributed by atoms with Gasteiger partial charge in [-0.2, -0.15) is 0 Å². The van der Waals surface area contributed by atoms with Gasteiger partial charge in [-0.1, -0.05) is 0 Å². The number of amides is 2. The van der Waals surface area contributed by atoms with Gasteiger partial charge < -0.3 is 19.0 Å². The number of ether oxygens (including phenoxy) is 1. The first-order valence-electron chi connectivity index (χ1n) is 8.36. The van der Waals surface area contributed by atoms with Crippen molar-refractivity contribution in [2.24, 2.45) is 0 Å². The van der Waals surface area contributed by atoms with Crippen LogP contribution < -0.4 is 0 Å². The molecular weight excluding hydrogens is 296 g/mol. The lowest BCUT2D eigenvalue weighted by atomic mass is 9.97. The molecule has 2 amide bonds. The van der Waals surface area contributed by atoms with Gasteiger partial charge in [-0.05, 0) is 37.8 Å². The molecule has 6 nitrogen and oxygen atoms in total. The minimum atomic E-state index is -0.0612. The molecule has 0 unspecified atom stereocenters. The highest BCUT2D eigenvalue weighted by Crippen LogP contribution is 2.24. The largest absolute Gasteiger partial charge is 0.459 e. The van der Waals surface area contributed by atoms with E-state index in [1.54, 1.807) is 19.1 Å². The van der Waals surface area contributed by atoms with Crippen molar-refractivity contribution >= 4 is 11.8 Å². The number of likely N-dealkylation sites (tertiary alicyclic amines) is 1. The zero-order valence-corrected chi connectivity index (χ0v) is 13.6. The second-order valence-corrected chi connectivity index (χ2v) is 6.27. The predicted octanol–water partition coefficient (Wildman–Crippen LogP) is 1.91. The van der Waals surface area contributed by atoms with Gasteiger partial charge in [-0.25, -0.2) is 0 Å². The Bertz CT molecular complexity index is 529. The molecule has 2 aliphatic heterocycles. The van der Waals surface area contributed by atoms with Gasteiger partial charge in [0.25, 0.3) is 5.91 Å². The van der Waals surface area contributed by atoms with E-state index in [1.807, 2.05) is 9.80 Å². The molecule has 3 heterocycles. The van der Waals surface area contributed by atoms with Crippen molar-refractivity contribution in [2.75, 3.05) is 26.3 Å². The predicted molar refractivity (Wildman–Crippen MR) is 84.0 cm³/mol. The molecule has 0 spiro atoms. The van der Waals surface area contributed by atoms with Gasteiger partial charge in [-0.3, -0.25) is 9.59 Å². The fraction of sp³-hybridized carbons (Fsp3) is 0.647. The zero-order chi connectivity index (χ0) is 16.2. The van der Waals surface area contributed by atoms with Crippen LogP contribution in [0.4, 0.5) is 0 Å². The Balaban J connectivity index is 1.60. The molecular formula is C17H24N2O4. The van der Waals surface area contributed by atoms with Crippen molar-refractivity contribution in [1.82, 2.24) is 9.80 Å². The third-order valence-corrected chi connectivity index (χ3v) is 4.82. The maximum absolute atomic E-state index is 12.3. The summed E-state index contributed by atoms with van der Waals surface area (Å²) in [5.74, 6) is 0.456. The lowest BCUT2D eigenvalue weighted by molar-refractivity contribution is -0.137. The number of rotatable bonds is 3. The van der Waals surface area contributed by atoms with E-state index in [4.69, 9.17) is 9.15 Å². The van der Waals surface area contributed by atoms with Crippen LogP contribution in [0.5, 0.6) is 0 Å². The average molecular weight is 320 g/mol. The fourth-order valence-corrected chi connectivity index (χ4v) is 3.68. The van der Waals surface area contributed by atoms with Crippen molar-refractivity contribution in [3.8, 4) is 0 Å². The molecule has 2 aliphatic rings. The monoisotopic (exact) mass is 320 g/mol. The molecule has 2 saturated heterocycles. The maximum Gasteiger partial charge on any atom is 0.289 e. The Morgan fingerprint density at radius 1 is 1.13 bits per heavy atom. The number of hydrogen-bond donors (Lipinski definition) is 0. The smallest absolute Gasteiger partial charge is 0.289 e. The highest BCUT2D eigenvalue weighted by atomic mass is 16.5. The van der Waals surface area contributed by atoms with Gasteiger partial charge in [0.05, 0.1) is 6.26 Å². The molecule has 126 valence electrons. The Hall–Kier alpha value is -1.82. The average Bonchev–Trinajstić information content (AvgIpc) is 3.10. The van der Waals surface area contributed by atoms with E-state index in [0.29, 0.717) is 18.8 Å². The lowest BCUT2D eigenvalue weighted by Crippen LogP contribution is -2.53. The summed E-state index contributed by atoms with van der Waals surface area (Å²) in [4.78, 5) is 28.3. The third kappa shape index (κ3) is 3.58. The fourth-order valence-electron chi connectivity index (χ4n) is 3.68. The Kier molecular flexibility index (Phi) is 5.00. The van der Waals surface area contributed by atoms with Crippen LogP contribution in [0.2, 0.25) is 0 Å². The summed E-state index contributed by atoms with van der Waals surface area (Å²) in [6.07, 6.45) is 4.98. The Morgan fingerprint density at radius 2 is 1.78 bits per heavy atom. The van der Waals surface area contributed by atoms with Gasteiger partial charge >= 0.3 is 0 Å². The number of nitrogens with zero attached hydrogens (tertiary/aromatic N) is 2. The summed E-state index contributed by atoms with van der Waals surface area (Å²) in [5, 5.41) is 0. The van der Waals surface area contributed by atoms with E-state index in [1.165, 1.54) is 6.26 Å². The number of hydrogen-bond acceptors (Lipinski definition) is 4. The zero-order valence-electron chi connectivity index (χ0n) is 13.6. The molecule has 1 aromatic heterocycles. The molecule has 6 heteroatoms. The van der Waals surface area contributed by atoms with E-state index < -0.39 is 0 Å². The molecule has 0 aliphatic carbocycles. The number of furan rings is 1. The Morgan fingerprint density at radius 3 is 2.35 bits per heavy atom. The summed E-state index contributed by atoms with van der Waals surface area (Å²) < 4.78 is 10.6. The first-order chi connectivity index (χ1) is 11.2. The second kappa shape index (κ2) is 7.17. The van der Waals surface area contributed by atoms with Crippen molar-refractivity contribution in [2.45, 2.75) is 44.7 Å². The topological polar surface area (TPSA) is 63.0 Å². The summed E-state index contributed by atoms with van der Waals surface area (Å²) in [7, 11) is 0. The minimum Gasteiger partial charge on any atom is -0.459 e. The van der Waals surface area contributed by atoms with E-state index >= 15 is 0 Å². The quantitative estimate of drug-likeness (QED) is 0.853. The lowest BCUT2D eigenvalue weighted by Gasteiger charge is -2.43. The summed E-state index contributed by atoms with van der Waals surface area (Å²) in [6, 6.07) is 3.91. The highest BCUT2D eigenvalue weighted by molar-refractivity contribution is 5.91. The van der Waals surface area contributed by atoms with E-state index in [9.17, 15) is 9.59 Å². The van der Waals surface area contributed by atoms with Gasteiger partial charge in [-0.15, -0.1) is 0 Å². The first kappa shape index (κ1) is 16.1. The third-order valence-electron chi connectivity index (χ3n) is 4.82. The molecule has 3 rings (SSSR count). The maximum atomic E-state index is 12.3. The van der Waals surface area contributed by atoms with Crippen LogP contribution >= 0.6 is 0 Å². The molecule has 0 saturated carbocycles. The molecule has 23 heavy (non-hydrogen) atoms. The van der Waals surface area contributed by atoms with Crippen LogP contribution in [0.1, 0.15) is 43.2 Å². The van der Waals surface area contributed by atoms with Crippen LogP contribution in [0, 0.1) is 0 Å². The van der Waals surface area contributed by atoms with Crippen LogP contribution in [0.15, 0.2) is 22.8 Å². The van der Waals surface area contributed by atoms with Crippen molar-refractivity contribution in [1.29, 1.82) is 0 Å². The number of carbonyl (C=O) groups is 2. The molecule has 2 fully saturated rings. The van der Waals surface area contributed by atoms with Crippen molar-refractivity contribution in [3.05, 3.63) is 24.2 Å². The molecule has 0 radical (unpaired) electrons. The van der Waals surface area contributed by atoms with Crippen LogP contribution in [-0.2, 0) is 9.53 Å². The molecule has 0 N–H and O–H groups in total. The molecule has 1 aromatic rings. The summed E-state index contributed by atoms with van der Waals surface area (Å²) >= 11 is 0. The van der Waals surface area contributed by atoms with Crippen molar-refractivity contribution < 1.29 is 18.7 Å². The van der Waals surface area contributed by atoms with E-state index in [0.717, 1.165) is 38.9 Å². The normalized spacial score (nSPS) is 20.5. The standard InChI is InChI=1S/C17H24N2O4/c1-13(20)19(15-6-11-22-12-7-15)14-4-8-18(9-5-14)17(21)16-3-2-10-23-16/h2-3,10,14-15H,4-9,11-12H2,1H3. The molecule has 0 bridgehead atoms. The molecule has 0 aromatic carbocycles. The van der Waals surface area contributed by atoms with E-state index in [-0.39, 0.29) is 23.9 Å². The summed E-state index contributed by atoms with van der Waals surface area (Å²) in [6.45, 7) is 4.43. The van der Waals surface area contributed by atoms with Gasteiger partial charge in [0.2, 0.25) is 5.91 Å². The van der Waals surface area contributed by atoms with Gasteiger partial charge in [0.1, 0.15) is 0 Å². The van der Waals surface area contributed by atoms with Crippen LogP contribution in [0.25, 0.3) is 0 Å². The van der Waals surface area contributed by atoms with Gasteiger partial charge in [0.15, 0.2) is 5.76 Å². The highest BCUT2D eigenvalue weighted by Gasteiger charge is 2.33. The van der Waals surface area contributed by atoms with Gasteiger partial charge in [0, 0.05) is 45.3 Å². The van der Waals surface area contributed by atoms with Crippen LogP contribution in [0.3, 0.4) is 0 Å². The molecule has 0 atom stereocenters. The SMILES string of the molecule is CC(=O)N(C1CCOCC1)C1CCN(C(=O)c2ccco2)CC1. The minimum absolute atomic E-state index is 0.0612. The van der Waals surface area contributed by atoms with Crippen molar-refractivity contribution in [3.63, 3.8) is 0 Å². The number of piperidine rings is 1. The van der Waals surface area contributed by atoms with Crippen LogP contribution in [-0.4, -0.2) is 60.0 Å². The Labute approximate surface area is 136 Å². The summed E-state index contributed by atoms with van der Waals surface area (Å²) in [5.41, 5.74) is 0.